The van der Waals surface area contributed by atoms with Gasteiger partial charge in [-0.05, 0) is 50.1 Å². The largest absolute Gasteiger partial charge is 0.298 e. The van der Waals surface area contributed by atoms with Crippen LogP contribution in [0.3, 0.4) is 0 Å². The van der Waals surface area contributed by atoms with Gasteiger partial charge < -0.3 is 0 Å². The highest BCUT2D eigenvalue weighted by Crippen LogP contribution is 2.27. The third kappa shape index (κ3) is 3.46. The van der Waals surface area contributed by atoms with Gasteiger partial charge in [-0.25, -0.2) is 9.97 Å². The quantitative estimate of drug-likeness (QED) is 0.513. The first-order chi connectivity index (χ1) is 13.0. The van der Waals surface area contributed by atoms with Crippen molar-refractivity contribution in [1.29, 1.82) is 0 Å². The van der Waals surface area contributed by atoms with Gasteiger partial charge >= 0.3 is 0 Å². The molecule has 0 unspecified atom stereocenters. The van der Waals surface area contributed by atoms with E-state index < -0.39 is 0 Å². The number of amides is 1. The lowest BCUT2D eigenvalue weighted by Gasteiger charge is -2.11. The van der Waals surface area contributed by atoms with Crippen molar-refractivity contribution in [3.63, 3.8) is 0 Å². The SMILES string of the molecule is Cc1csc(NC(=O)c2cc(-c3ccc(C)c(C)c3)nc3ccccc23)n1. The van der Waals surface area contributed by atoms with Gasteiger partial charge in [0.05, 0.1) is 22.5 Å². The van der Waals surface area contributed by atoms with Crippen molar-refractivity contribution in [2.24, 2.45) is 0 Å². The van der Waals surface area contributed by atoms with Gasteiger partial charge in [-0.1, -0.05) is 30.3 Å². The molecule has 0 saturated carbocycles. The number of fused-ring (bicyclic) bond motifs is 1. The maximum atomic E-state index is 13.0. The molecule has 5 heteroatoms. The Kier molecular flexibility index (Phi) is 4.46. The Hall–Kier alpha value is -3.05. The number of anilines is 1. The number of carbonyl (C=O) groups excluding carboxylic acids is 1. The predicted molar refractivity (Wildman–Crippen MR) is 111 cm³/mol. The van der Waals surface area contributed by atoms with Crippen molar-refractivity contribution in [2.75, 3.05) is 5.32 Å². The molecule has 134 valence electrons. The van der Waals surface area contributed by atoms with E-state index in [4.69, 9.17) is 4.98 Å². The standard InChI is InChI=1S/C22H19N3OS/c1-13-8-9-16(10-14(13)2)20-11-18(17-6-4-5-7-19(17)24-20)21(26)25-22-23-15(3)12-27-22/h4-12H,1-3H3,(H,23,25,26). The van der Waals surface area contributed by atoms with E-state index in [9.17, 15) is 4.79 Å². The molecule has 2 aromatic carbocycles. The van der Waals surface area contributed by atoms with Crippen LogP contribution in [-0.4, -0.2) is 15.9 Å². The summed E-state index contributed by atoms with van der Waals surface area (Å²) >= 11 is 1.42. The molecule has 0 aliphatic rings. The minimum absolute atomic E-state index is 0.173. The molecule has 27 heavy (non-hydrogen) atoms. The minimum Gasteiger partial charge on any atom is -0.298 e. The van der Waals surface area contributed by atoms with Crippen LogP contribution >= 0.6 is 11.3 Å². The zero-order valence-corrected chi connectivity index (χ0v) is 16.2. The van der Waals surface area contributed by atoms with E-state index in [0.29, 0.717) is 10.7 Å². The molecule has 0 saturated heterocycles. The number of aromatic nitrogens is 2. The summed E-state index contributed by atoms with van der Waals surface area (Å²) in [5.74, 6) is -0.173. The van der Waals surface area contributed by atoms with Crippen molar-refractivity contribution in [2.45, 2.75) is 20.8 Å². The fraction of sp³-hybridized carbons (Fsp3) is 0.136. The maximum Gasteiger partial charge on any atom is 0.258 e. The van der Waals surface area contributed by atoms with E-state index in [1.54, 1.807) is 0 Å². The van der Waals surface area contributed by atoms with Gasteiger partial charge in [0.25, 0.3) is 5.91 Å². The van der Waals surface area contributed by atoms with Crippen molar-refractivity contribution in [1.82, 2.24) is 9.97 Å². The van der Waals surface area contributed by atoms with Gasteiger partial charge in [-0.2, -0.15) is 0 Å². The number of hydrogen-bond donors (Lipinski definition) is 1. The number of benzene rings is 2. The average molecular weight is 373 g/mol. The Labute approximate surface area is 161 Å². The van der Waals surface area contributed by atoms with Crippen molar-refractivity contribution in [3.05, 3.63) is 76.3 Å². The number of nitrogens with zero attached hydrogens (tertiary/aromatic N) is 2. The Morgan fingerprint density at radius 2 is 1.78 bits per heavy atom. The zero-order chi connectivity index (χ0) is 19.0. The number of pyridine rings is 1. The topological polar surface area (TPSA) is 54.9 Å². The van der Waals surface area contributed by atoms with Gasteiger partial charge in [0.2, 0.25) is 0 Å². The van der Waals surface area contributed by atoms with Crippen LogP contribution in [0.1, 0.15) is 27.2 Å². The summed E-state index contributed by atoms with van der Waals surface area (Å²) in [4.78, 5) is 22.1. The van der Waals surface area contributed by atoms with E-state index >= 15 is 0 Å². The summed E-state index contributed by atoms with van der Waals surface area (Å²) in [6.45, 7) is 6.08. The van der Waals surface area contributed by atoms with E-state index in [1.807, 2.05) is 48.7 Å². The third-order valence-electron chi connectivity index (χ3n) is 4.60. The first-order valence-electron chi connectivity index (χ1n) is 8.72. The second-order valence-corrected chi connectivity index (χ2v) is 7.48. The summed E-state index contributed by atoms with van der Waals surface area (Å²) in [5, 5.41) is 6.26. The minimum atomic E-state index is -0.173. The molecule has 1 N–H and O–H groups in total. The summed E-state index contributed by atoms with van der Waals surface area (Å²) in [5.41, 5.74) is 6.52. The monoisotopic (exact) mass is 373 g/mol. The molecule has 0 radical (unpaired) electrons. The van der Waals surface area contributed by atoms with Gasteiger partial charge in [0.15, 0.2) is 5.13 Å². The molecule has 0 spiro atoms. The summed E-state index contributed by atoms with van der Waals surface area (Å²) < 4.78 is 0. The van der Waals surface area contributed by atoms with Crippen molar-refractivity contribution < 1.29 is 4.79 Å². The highest BCUT2D eigenvalue weighted by atomic mass is 32.1. The Morgan fingerprint density at radius 3 is 2.52 bits per heavy atom. The van der Waals surface area contributed by atoms with E-state index in [0.717, 1.165) is 27.9 Å². The van der Waals surface area contributed by atoms with E-state index in [2.05, 4.69) is 36.3 Å². The fourth-order valence-corrected chi connectivity index (χ4v) is 3.67. The molecule has 2 aromatic heterocycles. The van der Waals surface area contributed by atoms with Crippen LogP contribution in [0, 0.1) is 20.8 Å². The molecule has 0 bridgehead atoms. The van der Waals surface area contributed by atoms with Crippen molar-refractivity contribution >= 4 is 33.3 Å². The van der Waals surface area contributed by atoms with Gasteiger partial charge in [0.1, 0.15) is 0 Å². The van der Waals surface area contributed by atoms with Crippen LogP contribution in [0.5, 0.6) is 0 Å². The van der Waals surface area contributed by atoms with Crippen LogP contribution in [0.15, 0.2) is 53.9 Å². The van der Waals surface area contributed by atoms with Crippen molar-refractivity contribution in [3.8, 4) is 11.3 Å². The highest BCUT2D eigenvalue weighted by molar-refractivity contribution is 7.13. The fourth-order valence-electron chi connectivity index (χ4n) is 2.99. The van der Waals surface area contributed by atoms with Crippen LogP contribution in [-0.2, 0) is 0 Å². The number of para-hydroxylation sites is 1. The Morgan fingerprint density at radius 1 is 0.963 bits per heavy atom. The Balaban J connectivity index is 1.83. The summed E-state index contributed by atoms with van der Waals surface area (Å²) in [7, 11) is 0. The predicted octanol–water partition coefficient (Wildman–Crippen LogP) is 5.54. The molecule has 0 aliphatic heterocycles. The molecule has 0 fully saturated rings. The summed E-state index contributed by atoms with van der Waals surface area (Å²) in [6, 6.07) is 15.8. The number of aryl methyl sites for hydroxylation is 3. The molecular weight excluding hydrogens is 354 g/mol. The lowest BCUT2D eigenvalue weighted by Crippen LogP contribution is -2.13. The third-order valence-corrected chi connectivity index (χ3v) is 5.48. The molecule has 0 aliphatic carbocycles. The van der Waals surface area contributed by atoms with Crippen LogP contribution < -0.4 is 5.32 Å². The molecule has 2 heterocycles. The maximum absolute atomic E-state index is 13.0. The normalized spacial score (nSPS) is 10.9. The average Bonchev–Trinajstić information content (AvgIpc) is 3.07. The first-order valence-corrected chi connectivity index (χ1v) is 9.60. The number of rotatable bonds is 3. The van der Waals surface area contributed by atoms with Gasteiger partial charge in [-0.3, -0.25) is 10.1 Å². The zero-order valence-electron chi connectivity index (χ0n) is 15.4. The lowest BCUT2D eigenvalue weighted by atomic mass is 10.0. The molecule has 4 aromatic rings. The first kappa shape index (κ1) is 17.4. The van der Waals surface area contributed by atoms with Crippen LogP contribution in [0.4, 0.5) is 5.13 Å². The van der Waals surface area contributed by atoms with Crippen LogP contribution in [0.2, 0.25) is 0 Å². The summed E-state index contributed by atoms with van der Waals surface area (Å²) in [6.07, 6.45) is 0. The van der Waals surface area contributed by atoms with E-state index in [1.165, 1.54) is 22.5 Å². The Bertz CT molecular complexity index is 1160. The molecule has 4 rings (SSSR count). The highest BCUT2D eigenvalue weighted by Gasteiger charge is 2.15. The van der Waals surface area contributed by atoms with Gasteiger partial charge in [0, 0.05) is 16.3 Å². The molecule has 4 nitrogen and oxygen atoms in total. The smallest absolute Gasteiger partial charge is 0.258 e. The number of hydrogen-bond acceptors (Lipinski definition) is 4. The van der Waals surface area contributed by atoms with Crippen LogP contribution in [0.25, 0.3) is 22.2 Å². The molecule has 1 amide bonds. The van der Waals surface area contributed by atoms with Gasteiger partial charge in [-0.15, -0.1) is 11.3 Å². The van der Waals surface area contributed by atoms with E-state index in [-0.39, 0.29) is 5.91 Å². The second-order valence-electron chi connectivity index (χ2n) is 6.62. The number of carbonyl (C=O) groups is 1. The molecular formula is C22H19N3OS. The second kappa shape index (κ2) is 6.93. The lowest BCUT2D eigenvalue weighted by molar-refractivity contribution is 0.102. The number of thiazole rings is 1. The molecule has 0 atom stereocenters. The number of nitrogens with one attached hydrogen (secondary N) is 1.